The molecule has 1 aromatic heterocycles. The lowest BCUT2D eigenvalue weighted by Gasteiger charge is -2.17. The Kier molecular flexibility index (Phi) is 5.57. The number of hydrogen-bond acceptors (Lipinski definition) is 3. The smallest absolute Gasteiger partial charge is 0.256 e. The van der Waals surface area contributed by atoms with E-state index in [0.717, 1.165) is 25.2 Å². The Morgan fingerprint density at radius 1 is 0.969 bits per heavy atom. The lowest BCUT2D eigenvalue weighted by Crippen LogP contribution is -2.24. The molecule has 0 unspecified atom stereocenters. The highest BCUT2D eigenvalue weighted by atomic mass is 16.1. The predicted octanol–water partition coefficient (Wildman–Crippen LogP) is 4.80. The van der Waals surface area contributed by atoms with E-state index >= 15 is 0 Å². The third-order valence-corrected chi connectivity index (χ3v) is 5.94. The zero-order chi connectivity index (χ0) is 21.9. The van der Waals surface area contributed by atoms with Gasteiger partial charge in [-0.3, -0.25) is 9.48 Å². The van der Waals surface area contributed by atoms with E-state index < -0.39 is 0 Å². The van der Waals surface area contributed by atoms with E-state index in [9.17, 15) is 4.79 Å². The van der Waals surface area contributed by atoms with E-state index in [1.165, 1.54) is 27.8 Å². The van der Waals surface area contributed by atoms with Crippen LogP contribution < -0.4 is 10.6 Å². The Bertz CT molecular complexity index is 1260. The van der Waals surface area contributed by atoms with Crippen LogP contribution in [0.4, 0.5) is 5.82 Å². The average Bonchev–Trinajstić information content (AvgIpc) is 3.17. The maximum absolute atomic E-state index is 12.8. The van der Waals surface area contributed by atoms with Crippen LogP contribution in [0.2, 0.25) is 0 Å². The topological polar surface area (TPSA) is 59.0 Å². The van der Waals surface area contributed by atoms with Gasteiger partial charge in [0, 0.05) is 23.9 Å². The normalized spacial score (nSPS) is 12.9. The summed E-state index contributed by atoms with van der Waals surface area (Å²) in [5, 5.41) is 11.0. The fourth-order valence-corrected chi connectivity index (χ4v) is 4.19. The SMILES string of the molecule is Cc1cc(NC(=O)c2ccc3c(c2)CCNC3)nn1Cc1cccc(-c2ccccc2)c1. The van der Waals surface area contributed by atoms with Crippen molar-refractivity contribution in [3.63, 3.8) is 0 Å². The average molecular weight is 423 g/mol. The Morgan fingerprint density at radius 3 is 2.69 bits per heavy atom. The molecule has 5 rings (SSSR count). The molecular formula is C27H26N4O. The minimum Gasteiger partial charge on any atom is -0.312 e. The van der Waals surface area contributed by atoms with Crippen molar-refractivity contribution in [2.24, 2.45) is 0 Å². The number of rotatable bonds is 5. The fraction of sp³-hybridized carbons (Fsp3) is 0.185. The zero-order valence-electron chi connectivity index (χ0n) is 18.1. The van der Waals surface area contributed by atoms with Crippen LogP contribution in [0.3, 0.4) is 0 Å². The highest BCUT2D eigenvalue weighted by Crippen LogP contribution is 2.21. The van der Waals surface area contributed by atoms with Crippen molar-refractivity contribution in [2.45, 2.75) is 26.4 Å². The Balaban J connectivity index is 1.31. The molecular weight excluding hydrogens is 396 g/mol. The van der Waals surface area contributed by atoms with Crippen LogP contribution in [0.25, 0.3) is 11.1 Å². The van der Waals surface area contributed by atoms with E-state index in [4.69, 9.17) is 0 Å². The minimum atomic E-state index is -0.123. The van der Waals surface area contributed by atoms with Gasteiger partial charge in [-0.1, -0.05) is 54.6 Å². The van der Waals surface area contributed by atoms with Gasteiger partial charge in [-0.25, -0.2) is 0 Å². The molecule has 1 aliphatic heterocycles. The van der Waals surface area contributed by atoms with Crippen molar-refractivity contribution >= 4 is 11.7 Å². The molecule has 0 saturated heterocycles. The van der Waals surface area contributed by atoms with Gasteiger partial charge >= 0.3 is 0 Å². The summed E-state index contributed by atoms with van der Waals surface area (Å²) in [4.78, 5) is 12.8. The van der Waals surface area contributed by atoms with Crippen molar-refractivity contribution in [3.8, 4) is 11.1 Å². The van der Waals surface area contributed by atoms with Gasteiger partial charge in [-0.05, 0) is 65.9 Å². The van der Waals surface area contributed by atoms with Gasteiger partial charge in [0.1, 0.15) is 0 Å². The number of anilines is 1. The lowest BCUT2D eigenvalue weighted by molar-refractivity contribution is 0.102. The number of aryl methyl sites for hydroxylation is 1. The summed E-state index contributed by atoms with van der Waals surface area (Å²) in [6.07, 6.45) is 0.951. The quantitative estimate of drug-likeness (QED) is 0.485. The van der Waals surface area contributed by atoms with Gasteiger partial charge < -0.3 is 10.6 Å². The van der Waals surface area contributed by atoms with Crippen LogP contribution >= 0.6 is 0 Å². The van der Waals surface area contributed by atoms with E-state index in [1.807, 2.05) is 54.1 Å². The standard InChI is InChI=1S/C27H26N4O/c1-19-14-26(29-27(32)24-10-11-25-17-28-13-12-23(25)16-24)30-31(19)18-20-6-5-9-22(15-20)21-7-3-2-4-8-21/h2-11,14-16,28H,12-13,17-18H2,1H3,(H,29,30,32). The van der Waals surface area contributed by atoms with Gasteiger partial charge in [0.15, 0.2) is 5.82 Å². The molecule has 1 amide bonds. The van der Waals surface area contributed by atoms with Crippen LogP contribution in [-0.2, 0) is 19.5 Å². The first-order valence-corrected chi connectivity index (χ1v) is 11.0. The molecule has 1 aliphatic rings. The maximum Gasteiger partial charge on any atom is 0.256 e. The highest BCUT2D eigenvalue weighted by Gasteiger charge is 2.14. The molecule has 5 heteroatoms. The number of hydrogen-bond donors (Lipinski definition) is 2. The van der Waals surface area contributed by atoms with E-state index in [-0.39, 0.29) is 5.91 Å². The van der Waals surface area contributed by atoms with Gasteiger partial charge in [-0.2, -0.15) is 5.10 Å². The molecule has 4 aromatic rings. The van der Waals surface area contributed by atoms with Crippen LogP contribution in [0.5, 0.6) is 0 Å². The van der Waals surface area contributed by atoms with Crippen molar-refractivity contribution in [1.29, 1.82) is 0 Å². The van der Waals surface area contributed by atoms with E-state index in [0.29, 0.717) is 17.9 Å². The Morgan fingerprint density at radius 2 is 1.81 bits per heavy atom. The summed E-state index contributed by atoms with van der Waals surface area (Å²) < 4.78 is 1.93. The third kappa shape index (κ3) is 4.34. The second-order valence-corrected chi connectivity index (χ2v) is 8.26. The van der Waals surface area contributed by atoms with Crippen LogP contribution in [0.15, 0.2) is 78.9 Å². The fourth-order valence-electron chi connectivity index (χ4n) is 4.19. The maximum atomic E-state index is 12.8. The van der Waals surface area contributed by atoms with Crippen molar-refractivity contribution in [2.75, 3.05) is 11.9 Å². The van der Waals surface area contributed by atoms with E-state index in [1.54, 1.807) is 0 Å². The summed E-state index contributed by atoms with van der Waals surface area (Å²) in [6.45, 7) is 4.48. The molecule has 32 heavy (non-hydrogen) atoms. The summed E-state index contributed by atoms with van der Waals surface area (Å²) in [5.74, 6) is 0.452. The van der Waals surface area contributed by atoms with Crippen molar-refractivity contribution < 1.29 is 4.79 Å². The van der Waals surface area contributed by atoms with Crippen molar-refractivity contribution in [1.82, 2.24) is 15.1 Å². The van der Waals surface area contributed by atoms with Gasteiger partial charge in [0.05, 0.1) is 6.54 Å². The van der Waals surface area contributed by atoms with Crippen molar-refractivity contribution in [3.05, 3.63) is 107 Å². The lowest BCUT2D eigenvalue weighted by atomic mass is 9.98. The number of amides is 1. The van der Waals surface area contributed by atoms with Crippen LogP contribution in [-0.4, -0.2) is 22.2 Å². The molecule has 0 spiro atoms. The summed E-state index contributed by atoms with van der Waals surface area (Å²) in [7, 11) is 0. The largest absolute Gasteiger partial charge is 0.312 e. The number of benzene rings is 3. The zero-order valence-corrected chi connectivity index (χ0v) is 18.1. The monoisotopic (exact) mass is 422 g/mol. The summed E-state index contributed by atoms with van der Waals surface area (Å²) >= 11 is 0. The molecule has 3 aromatic carbocycles. The number of carbonyl (C=O) groups is 1. The second-order valence-electron chi connectivity index (χ2n) is 8.26. The van der Waals surface area contributed by atoms with Crippen LogP contribution in [0.1, 0.15) is 32.7 Å². The van der Waals surface area contributed by atoms with Gasteiger partial charge in [0.2, 0.25) is 0 Å². The Hall–Kier alpha value is -3.70. The number of nitrogens with one attached hydrogen (secondary N) is 2. The summed E-state index contributed by atoms with van der Waals surface area (Å²) in [5.41, 5.74) is 7.74. The molecule has 0 bridgehead atoms. The number of fused-ring (bicyclic) bond motifs is 1. The molecule has 5 nitrogen and oxygen atoms in total. The Labute approximate surface area is 188 Å². The molecule has 0 aliphatic carbocycles. The molecule has 0 atom stereocenters. The molecule has 2 N–H and O–H groups in total. The highest BCUT2D eigenvalue weighted by molar-refractivity contribution is 6.04. The van der Waals surface area contributed by atoms with Gasteiger partial charge in [0.25, 0.3) is 5.91 Å². The molecule has 0 saturated carbocycles. The minimum absolute atomic E-state index is 0.123. The van der Waals surface area contributed by atoms with E-state index in [2.05, 4.69) is 52.1 Å². The predicted molar refractivity (Wildman–Crippen MR) is 128 cm³/mol. The second kappa shape index (κ2) is 8.81. The summed E-state index contributed by atoms with van der Waals surface area (Å²) in [6, 6.07) is 26.7. The number of nitrogens with zero attached hydrogens (tertiary/aromatic N) is 2. The molecule has 0 radical (unpaired) electrons. The number of carbonyl (C=O) groups excluding carboxylic acids is 1. The molecule has 2 heterocycles. The first-order valence-electron chi connectivity index (χ1n) is 11.0. The molecule has 0 fully saturated rings. The first kappa shape index (κ1) is 20.2. The molecule has 160 valence electrons. The first-order chi connectivity index (χ1) is 15.7. The number of aromatic nitrogens is 2. The third-order valence-electron chi connectivity index (χ3n) is 5.94. The van der Waals surface area contributed by atoms with Gasteiger partial charge in [-0.15, -0.1) is 0 Å². The van der Waals surface area contributed by atoms with Crippen LogP contribution in [0, 0.1) is 6.92 Å².